The van der Waals surface area contributed by atoms with Crippen LogP contribution in [0.5, 0.6) is 0 Å². The van der Waals surface area contributed by atoms with Crippen LogP contribution in [-0.2, 0) is 11.2 Å². The summed E-state index contributed by atoms with van der Waals surface area (Å²) < 4.78 is 0. The number of ketones is 1. The maximum absolute atomic E-state index is 11.9. The highest BCUT2D eigenvalue weighted by Crippen LogP contribution is 2.27. The molecule has 0 unspecified atom stereocenters. The number of benzene rings is 1. The van der Waals surface area contributed by atoms with Crippen molar-refractivity contribution in [3.05, 3.63) is 35.4 Å². The maximum atomic E-state index is 11.9. The summed E-state index contributed by atoms with van der Waals surface area (Å²) in [6.45, 7) is 2.08. The average Bonchev–Trinajstić information content (AvgIpc) is 2.40. The smallest absolute Gasteiger partial charge is 0.137 e. The second-order valence-corrected chi connectivity index (χ2v) is 5.74. The molecule has 0 atom stereocenters. The Balaban J connectivity index is 1.73. The van der Waals surface area contributed by atoms with Gasteiger partial charge in [0.05, 0.1) is 0 Å². The van der Waals surface area contributed by atoms with E-state index in [0.717, 1.165) is 24.3 Å². The topological polar surface area (TPSA) is 17.1 Å². The Kier molecular flexibility index (Phi) is 4.98. The Morgan fingerprint density at radius 1 is 1.11 bits per heavy atom. The third-order valence-electron chi connectivity index (χ3n) is 4.08. The summed E-state index contributed by atoms with van der Waals surface area (Å²) in [6.07, 6.45) is 9.34. The fourth-order valence-corrected chi connectivity index (χ4v) is 2.86. The second kappa shape index (κ2) is 6.72. The predicted octanol–water partition coefficient (Wildman–Crippen LogP) is 4.47. The van der Waals surface area contributed by atoms with E-state index >= 15 is 0 Å². The van der Waals surface area contributed by atoms with Gasteiger partial charge in [0.2, 0.25) is 0 Å². The van der Waals surface area contributed by atoms with E-state index in [1.807, 2.05) is 0 Å². The molecule has 1 aromatic rings. The van der Waals surface area contributed by atoms with Crippen LogP contribution in [0.25, 0.3) is 0 Å². The predicted molar refractivity (Wildman–Crippen MR) is 75.7 cm³/mol. The van der Waals surface area contributed by atoms with E-state index < -0.39 is 0 Å². The first-order valence-electron chi connectivity index (χ1n) is 7.31. The van der Waals surface area contributed by atoms with Crippen molar-refractivity contribution < 1.29 is 4.79 Å². The van der Waals surface area contributed by atoms with E-state index in [2.05, 4.69) is 31.2 Å². The van der Waals surface area contributed by atoms with Crippen molar-refractivity contribution in [2.45, 2.75) is 58.3 Å². The molecular formula is C17H24O. The van der Waals surface area contributed by atoms with Gasteiger partial charge in [-0.05, 0) is 24.8 Å². The zero-order valence-corrected chi connectivity index (χ0v) is 11.5. The molecule has 1 fully saturated rings. The van der Waals surface area contributed by atoms with Crippen LogP contribution in [0.1, 0.15) is 56.1 Å². The Hall–Kier alpha value is -1.11. The van der Waals surface area contributed by atoms with Crippen molar-refractivity contribution in [2.75, 3.05) is 0 Å². The molecule has 0 radical (unpaired) electrons. The number of carbonyl (C=O) groups excluding carboxylic acids is 1. The van der Waals surface area contributed by atoms with E-state index in [-0.39, 0.29) is 0 Å². The Labute approximate surface area is 111 Å². The highest BCUT2D eigenvalue weighted by molar-refractivity contribution is 5.80. The number of carbonyl (C=O) groups is 1. The minimum absolute atomic E-state index is 0.407. The molecule has 0 spiro atoms. The van der Waals surface area contributed by atoms with Crippen molar-refractivity contribution in [1.82, 2.24) is 0 Å². The molecule has 1 nitrogen and oxygen atoms in total. The van der Waals surface area contributed by atoms with E-state index in [4.69, 9.17) is 0 Å². The highest BCUT2D eigenvalue weighted by atomic mass is 16.1. The maximum Gasteiger partial charge on any atom is 0.137 e. The van der Waals surface area contributed by atoms with Crippen molar-refractivity contribution in [3.8, 4) is 0 Å². The number of rotatable bonds is 5. The Morgan fingerprint density at radius 3 is 2.44 bits per heavy atom. The van der Waals surface area contributed by atoms with Crippen molar-refractivity contribution in [1.29, 1.82) is 0 Å². The van der Waals surface area contributed by atoms with Crippen LogP contribution in [0, 0.1) is 12.8 Å². The summed E-state index contributed by atoms with van der Waals surface area (Å²) in [6, 6.07) is 8.33. The normalized spacial score (nSPS) is 16.7. The van der Waals surface area contributed by atoms with Gasteiger partial charge in [0.15, 0.2) is 0 Å². The van der Waals surface area contributed by atoms with Crippen LogP contribution in [0.3, 0.4) is 0 Å². The fourth-order valence-electron chi connectivity index (χ4n) is 2.86. The third kappa shape index (κ3) is 4.29. The van der Waals surface area contributed by atoms with Crippen LogP contribution >= 0.6 is 0 Å². The summed E-state index contributed by atoms with van der Waals surface area (Å²) in [7, 11) is 0. The van der Waals surface area contributed by atoms with Gasteiger partial charge in [-0.15, -0.1) is 0 Å². The first-order valence-corrected chi connectivity index (χ1v) is 7.31. The monoisotopic (exact) mass is 244 g/mol. The molecule has 0 aliphatic heterocycles. The summed E-state index contributed by atoms with van der Waals surface area (Å²) >= 11 is 0. The molecule has 1 aromatic carbocycles. The van der Waals surface area contributed by atoms with E-state index in [1.165, 1.54) is 37.7 Å². The van der Waals surface area contributed by atoms with Gasteiger partial charge < -0.3 is 0 Å². The largest absolute Gasteiger partial charge is 0.299 e. The minimum Gasteiger partial charge on any atom is -0.299 e. The molecule has 1 heteroatoms. The van der Waals surface area contributed by atoms with E-state index in [0.29, 0.717) is 12.2 Å². The van der Waals surface area contributed by atoms with Gasteiger partial charge in [-0.3, -0.25) is 4.79 Å². The zero-order chi connectivity index (χ0) is 12.8. The van der Waals surface area contributed by atoms with Gasteiger partial charge in [-0.25, -0.2) is 0 Å². The molecule has 2 rings (SSSR count). The molecule has 1 saturated carbocycles. The average molecular weight is 244 g/mol. The van der Waals surface area contributed by atoms with Gasteiger partial charge in [0.1, 0.15) is 5.78 Å². The molecule has 1 aliphatic carbocycles. The van der Waals surface area contributed by atoms with Crippen LogP contribution in [0.4, 0.5) is 0 Å². The van der Waals surface area contributed by atoms with E-state index in [9.17, 15) is 4.79 Å². The molecule has 18 heavy (non-hydrogen) atoms. The lowest BCUT2D eigenvalue weighted by molar-refractivity contribution is -0.118. The lowest BCUT2D eigenvalue weighted by Crippen LogP contribution is -2.10. The first-order chi connectivity index (χ1) is 8.74. The van der Waals surface area contributed by atoms with Gasteiger partial charge >= 0.3 is 0 Å². The highest BCUT2D eigenvalue weighted by Gasteiger charge is 2.14. The van der Waals surface area contributed by atoms with Crippen LogP contribution in [0.15, 0.2) is 24.3 Å². The molecule has 0 saturated heterocycles. The molecular weight excluding hydrogens is 220 g/mol. The minimum atomic E-state index is 0.407. The quantitative estimate of drug-likeness (QED) is 0.747. The van der Waals surface area contributed by atoms with Gasteiger partial charge in [0, 0.05) is 12.8 Å². The molecule has 0 amide bonds. The summed E-state index contributed by atoms with van der Waals surface area (Å²) in [5.41, 5.74) is 2.42. The molecule has 0 N–H and O–H groups in total. The number of hydrogen-bond acceptors (Lipinski definition) is 1. The summed E-state index contributed by atoms with van der Waals surface area (Å²) in [5, 5.41) is 0. The number of Topliss-reactive ketones (excluding diaryl/α,β-unsaturated/α-hetero) is 1. The summed E-state index contributed by atoms with van der Waals surface area (Å²) in [5.74, 6) is 1.23. The van der Waals surface area contributed by atoms with Gasteiger partial charge in [-0.2, -0.15) is 0 Å². The Bertz CT molecular complexity index is 371. The van der Waals surface area contributed by atoms with Crippen molar-refractivity contribution in [2.24, 2.45) is 5.92 Å². The third-order valence-corrected chi connectivity index (χ3v) is 4.08. The molecule has 0 bridgehead atoms. The molecule has 1 aliphatic rings. The zero-order valence-electron chi connectivity index (χ0n) is 11.5. The standard InChI is InChI=1S/C17H24O/c1-14-7-9-16(10-8-14)13-17(18)12-11-15-5-3-2-4-6-15/h7-10,15H,2-6,11-13H2,1H3. The molecule has 98 valence electrons. The lowest BCUT2D eigenvalue weighted by Gasteiger charge is -2.20. The number of hydrogen-bond donors (Lipinski definition) is 0. The Morgan fingerprint density at radius 2 is 1.78 bits per heavy atom. The van der Waals surface area contributed by atoms with E-state index in [1.54, 1.807) is 0 Å². The van der Waals surface area contributed by atoms with Gasteiger partial charge in [-0.1, -0.05) is 61.9 Å². The fraction of sp³-hybridized carbons (Fsp3) is 0.588. The van der Waals surface area contributed by atoms with Crippen LogP contribution < -0.4 is 0 Å². The number of aryl methyl sites for hydroxylation is 1. The second-order valence-electron chi connectivity index (χ2n) is 5.74. The SMILES string of the molecule is Cc1ccc(CC(=O)CCC2CCCCC2)cc1. The molecule has 0 heterocycles. The summed E-state index contributed by atoms with van der Waals surface area (Å²) in [4.78, 5) is 11.9. The lowest BCUT2D eigenvalue weighted by atomic mass is 9.85. The van der Waals surface area contributed by atoms with Gasteiger partial charge in [0.25, 0.3) is 0 Å². The van der Waals surface area contributed by atoms with Crippen LogP contribution in [-0.4, -0.2) is 5.78 Å². The van der Waals surface area contributed by atoms with Crippen molar-refractivity contribution in [3.63, 3.8) is 0 Å². The first kappa shape index (κ1) is 13.3. The molecule has 0 aromatic heterocycles. The van der Waals surface area contributed by atoms with Crippen molar-refractivity contribution >= 4 is 5.78 Å². The van der Waals surface area contributed by atoms with Crippen LogP contribution in [0.2, 0.25) is 0 Å².